The lowest BCUT2D eigenvalue weighted by Crippen LogP contribution is -2.52. The number of hydrogen-bond acceptors (Lipinski definition) is 6. The number of anilines is 2. The topological polar surface area (TPSA) is 54.4 Å². The maximum Gasteiger partial charge on any atom is 0.416 e. The van der Waals surface area contributed by atoms with Gasteiger partial charge in [0.1, 0.15) is 0 Å². The van der Waals surface area contributed by atoms with Crippen LogP contribution in [0, 0.1) is 11.8 Å². The van der Waals surface area contributed by atoms with E-state index in [2.05, 4.69) is 11.8 Å². The minimum atomic E-state index is -4.47. The second-order valence-corrected chi connectivity index (χ2v) is 10.4. The van der Waals surface area contributed by atoms with E-state index in [1.54, 1.807) is 19.2 Å². The molecule has 0 saturated heterocycles. The van der Waals surface area contributed by atoms with Crippen LogP contribution in [0.3, 0.4) is 0 Å². The van der Waals surface area contributed by atoms with E-state index in [1.807, 2.05) is 82.6 Å². The van der Waals surface area contributed by atoms with E-state index in [0.29, 0.717) is 41.6 Å². The van der Waals surface area contributed by atoms with Gasteiger partial charge in [0.15, 0.2) is 5.54 Å². The van der Waals surface area contributed by atoms with Gasteiger partial charge in [0.25, 0.3) is 0 Å². The van der Waals surface area contributed by atoms with Gasteiger partial charge in [-0.25, -0.2) is 9.79 Å². The Morgan fingerprint density at radius 1 is 0.889 bits per heavy atom. The van der Waals surface area contributed by atoms with Gasteiger partial charge >= 0.3 is 12.1 Å². The summed E-state index contributed by atoms with van der Waals surface area (Å²) in [5.74, 6) is 6.85. The molecule has 1 atom stereocenters. The fourth-order valence-corrected chi connectivity index (χ4v) is 5.51. The van der Waals surface area contributed by atoms with E-state index in [9.17, 15) is 18.0 Å². The predicted molar refractivity (Wildman–Crippen MR) is 168 cm³/mol. The zero-order chi connectivity index (χ0) is 31.6. The van der Waals surface area contributed by atoms with Crippen LogP contribution in [-0.2, 0) is 21.2 Å². The summed E-state index contributed by atoms with van der Waals surface area (Å²) in [7, 11) is 2.93. The van der Waals surface area contributed by atoms with Gasteiger partial charge in [-0.15, -0.1) is 0 Å². The summed E-state index contributed by atoms with van der Waals surface area (Å²) in [5, 5.41) is 0. The van der Waals surface area contributed by atoms with Crippen LogP contribution in [0.5, 0.6) is 0 Å². The van der Waals surface area contributed by atoms with Gasteiger partial charge in [0, 0.05) is 24.8 Å². The maximum absolute atomic E-state index is 13.5. The van der Waals surface area contributed by atoms with Crippen molar-refractivity contribution in [2.75, 3.05) is 37.2 Å². The highest BCUT2D eigenvalue weighted by atomic mass is 19.4. The molecule has 4 aromatic carbocycles. The van der Waals surface area contributed by atoms with E-state index >= 15 is 0 Å². The number of aliphatic imine (C=N–C) groups is 1. The van der Waals surface area contributed by atoms with Gasteiger partial charge in [0.05, 0.1) is 41.9 Å². The van der Waals surface area contributed by atoms with Crippen molar-refractivity contribution in [3.05, 3.63) is 137 Å². The van der Waals surface area contributed by atoms with Crippen molar-refractivity contribution in [2.24, 2.45) is 4.99 Å². The molecule has 0 aliphatic carbocycles. The Kier molecular flexibility index (Phi) is 7.92. The zero-order valence-corrected chi connectivity index (χ0v) is 24.5. The predicted octanol–water partition coefficient (Wildman–Crippen LogP) is 7.12. The molecule has 6 rings (SSSR count). The second-order valence-electron chi connectivity index (χ2n) is 10.4. The van der Waals surface area contributed by atoms with Crippen LogP contribution in [0.2, 0.25) is 0 Å². The van der Waals surface area contributed by atoms with Crippen LogP contribution in [0.4, 0.5) is 24.5 Å². The molecule has 6 nitrogen and oxygen atoms in total. The van der Waals surface area contributed by atoms with Crippen molar-refractivity contribution in [2.45, 2.75) is 11.7 Å². The number of nitrogens with zero attached hydrogens (tertiary/aromatic N) is 3. The molecule has 2 aliphatic heterocycles. The normalized spacial score (nSPS) is 17.0. The molecule has 226 valence electrons. The van der Waals surface area contributed by atoms with Crippen molar-refractivity contribution < 1.29 is 27.4 Å². The van der Waals surface area contributed by atoms with Crippen LogP contribution < -0.4 is 9.80 Å². The maximum atomic E-state index is 13.5. The molecule has 2 aliphatic rings. The van der Waals surface area contributed by atoms with Crippen LogP contribution in [0.15, 0.2) is 114 Å². The first-order valence-corrected chi connectivity index (χ1v) is 14.2. The lowest BCUT2D eigenvalue weighted by molar-refractivity contribution is -0.137. The van der Waals surface area contributed by atoms with Crippen LogP contribution in [-0.4, -0.2) is 39.3 Å². The third kappa shape index (κ3) is 5.56. The van der Waals surface area contributed by atoms with Gasteiger partial charge < -0.3 is 14.4 Å². The van der Waals surface area contributed by atoms with E-state index < -0.39 is 23.2 Å². The Morgan fingerprint density at radius 3 is 2.22 bits per heavy atom. The first-order chi connectivity index (χ1) is 21.7. The molecule has 4 aromatic rings. The summed E-state index contributed by atoms with van der Waals surface area (Å²) in [6, 6.07) is 29.3. The summed E-state index contributed by atoms with van der Waals surface area (Å²) >= 11 is 0. The number of rotatable bonds is 6. The van der Waals surface area contributed by atoms with Gasteiger partial charge in [-0.3, -0.25) is 4.90 Å². The molecule has 0 spiro atoms. The van der Waals surface area contributed by atoms with Crippen molar-refractivity contribution in [3.63, 3.8) is 0 Å². The number of halogens is 3. The van der Waals surface area contributed by atoms with E-state index in [-0.39, 0.29) is 0 Å². The van der Waals surface area contributed by atoms with Gasteiger partial charge in [-0.1, -0.05) is 72.5 Å². The van der Waals surface area contributed by atoms with Crippen LogP contribution >= 0.6 is 0 Å². The Morgan fingerprint density at radius 2 is 1.58 bits per heavy atom. The monoisotopic (exact) mass is 607 g/mol. The third-order valence-corrected chi connectivity index (χ3v) is 7.70. The second kappa shape index (κ2) is 12.0. The number of benzene rings is 4. The number of carbonyl (C=O) groups excluding carboxylic acids is 1. The average Bonchev–Trinajstić information content (AvgIpc) is 3.39. The molecule has 0 fully saturated rings. The Balaban J connectivity index is 1.65. The number of ether oxygens (including phenoxy) is 2. The SMILES string of the molecule is COCCN1C2=NC(c3ccc(C(F)(F)F)cc3)=CC(C#Cc3ccccc3)(c3ccccc3)N2c2cc(C(=O)OC)ccc21. The molecule has 9 heteroatoms. The highest BCUT2D eigenvalue weighted by Gasteiger charge is 2.49. The van der Waals surface area contributed by atoms with Crippen molar-refractivity contribution in [1.29, 1.82) is 0 Å². The fourth-order valence-electron chi connectivity index (χ4n) is 5.51. The Bertz CT molecular complexity index is 1840. The minimum Gasteiger partial charge on any atom is -0.465 e. The summed E-state index contributed by atoms with van der Waals surface area (Å²) in [5.41, 5.74) is 2.36. The Hall–Kier alpha value is -5.33. The highest BCUT2D eigenvalue weighted by Crippen LogP contribution is 2.49. The molecule has 0 saturated carbocycles. The van der Waals surface area contributed by atoms with E-state index in [1.165, 1.54) is 19.2 Å². The molecule has 0 N–H and O–H groups in total. The van der Waals surface area contributed by atoms with Crippen LogP contribution in [0.1, 0.15) is 32.6 Å². The Labute approximate surface area is 259 Å². The quantitative estimate of drug-likeness (QED) is 0.173. The first kappa shape index (κ1) is 29.7. The lowest BCUT2D eigenvalue weighted by atomic mass is 9.85. The molecule has 45 heavy (non-hydrogen) atoms. The van der Waals surface area contributed by atoms with E-state index in [4.69, 9.17) is 14.5 Å². The number of hydrogen-bond donors (Lipinski definition) is 0. The molecular weight excluding hydrogens is 579 g/mol. The van der Waals surface area contributed by atoms with Crippen molar-refractivity contribution in [3.8, 4) is 11.8 Å². The van der Waals surface area contributed by atoms with E-state index in [0.717, 1.165) is 28.9 Å². The number of carbonyl (C=O) groups is 1. The third-order valence-electron chi connectivity index (χ3n) is 7.70. The largest absolute Gasteiger partial charge is 0.465 e. The molecule has 0 radical (unpaired) electrons. The van der Waals surface area contributed by atoms with Gasteiger partial charge in [-0.05, 0) is 54.1 Å². The summed E-state index contributed by atoms with van der Waals surface area (Å²) in [6.45, 7) is 0.770. The van der Waals surface area contributed by atoms with Gasteiger partial charge in [0.2, 0.25) is 5.96 Å². The number of methoxy groups -OCH3 is 2. The number of guanidine groups is 1. The molecule has 2 heterocycles. The summed E-state index contributed by atoms with van der Waals surface area (Å²) in [4.78, 5) is 21.7. The average molecular weight is 608 g/mol. The van der Waals surface area contributed by atoms with Crippen molar-refractivity contribution >= 4 is 29.0 Å². The molecule has 0 aromatic heterocycles. The summed E-state index contributed by atoms with van der Waals surface area (Å²) < 4.78 is 50.9. The zero-order valence-electron chi connectivity index (χ0n) is 24.5. The highest BCUT2D eigenvalue weighted by molar-refractivity contribution is 6.20. The summed E-state index contributed by atoms with van der Waals surface area (Å²) in [6.07, 6.45) is -2.60. The van der Waals surface area contributed by atoms with Crippen molar-refractivity contribution in [1.82, 2.24) is 0 Å². The molecule has 1 unspecified atom stereocenters. The van der Waals surface area contributed by atoms with Crippen LogP contribution in [0.25, 0.3) is 5.70 Å². The smallest absolute Gasteiger partial charge is 0.416 e. The fraction of sp³-hybridized carbons (Fsp3) is 0.167. The number of fused-ring (bicyclic) bond motifs is 3. The molecule has 0 amide bonds. The first-order valence-electron chi connectivity index (χ1n) is 14.2. The lowest BCUT2D eigenvalue weighted by Gasteiger charge is -2.41. The standard InChI is InChI=1S/C36H28F3N3O3/c1-44-22-21-41-31-18-15-27(33(43)45-2)23-32(31)42-34(41)40-30(26-13-16-29(17-14-26)36(37,38)39)24-35(42,28-11-7-4-8-12-28)20-19-25-9-5-3-6-10-25/h3-18,23-24H,21-22H2,1-2H3. The minimum absolute atomic E-state index is 0.347. The number of alkyl halides is 3. The molecule has 0 bridgehead atoms. The number of esters is 1. The van der Waals surface area contributed by atoms with Gasteiger partial charge in [-0.2, -0.15) is 13.2 Å². The molecular formula is C36H28F3N3O3.